The van der Waals surface area contributed by atoms with Crippen molar-refractivity contribution in [3.63, 3.8) is 0 Å². The van der Waals surface area contributed by atoms with Crippen molar-refractivity contribution in [2.24, 2.45) is 0 Å². The second-order valence-corrected chi connectivity index (χ2v) is 5.05. The number of rotatable bonds is 7. The molecule has 0 fully saturated rings. The summed E-state index contributed by atoms with van der Waals surface area (Å²) in [5, 5.41) is 11.5. The van der Waals surface area contributed by atoms with E-state index in [2.05, 4.69) is 18.0 Å². The number of hydrogen-bond acceptors (Lipinski definition) is 3. The largest absolute Gasteiger partial charge is 0.390 e. The lowest BCUT2D eigenvalue weighted by molar-refractivity contribution is -0.0366. The van der Waals surface area contributed by atoms with Crippen LogP contribution in [0.2, 0.25) is 0 Å². The molecule has 0 aliphatic heterocycles. The molecule has 0 spiro atoms. The van der Waals surface area contributed by atoms with Gasteiger partial charge in [0.25, 0.3) is 0 Å². The summed E-state index contributed by atoms with van der Waals surface area (Å²) in [7, 11) is 0. The quantitative estimate of drug-likeness (QED) is 0.841. The summed E-state index contributed by atoms with van der Waals surface area (Å²) >= 11 is 0. The van der Waals surface area contributed by atoms with Gasteiger partial charge < -0.3 is 9.84 Å². The van der Waals surface area contributed by atoms with Crippen molar-refractivity contribution in [3.05, 3.63) is 42.1 Å². The van der Waals surface area contributed by atoms with Crippen molar-refractivity contribution in [2.45, 2.75) is 45.3 Å². The van der Waals surface area contributed by atoms with Gasteiger partial charge >= 0.3 is 0 Å². The fourth-order valence-electron chi connectivity index (χ4n) is 2.45. The Morgan fingerprint density at radius 3 is 2.70 bits per heavy atom. The third-order valence-electron chi connectivity index (χ3n) is 3.46. The van der Waals surface area contributed by atoms with E-state index in [1.54, 1.807) is 0 Å². The minimum Gasteiger partial charge on any atom is -0.390 e. The van der Waals surface area contributed by atoms with Gasteiger partial charge in [0.15, 0.2) is 0 Å². The summed E-state index contributed by atoms with van der Waals surface area (Å²) in [5.74, 6) is 0. The molecule has 20 heavy (non-hydrogen) atoms. The minimum atomic E-state index is -0.497. The summed E-state index contributed by atoms with van der Waals surface area (Å²) in [4.78, 5) is 4.60. The predicted molar refractivity (Wildman–Crippen MR) is 81.8 cm³/mol. The normalized spacial score (nSPS) is 14.3. The molecular weight excluding hydrogens is 250 g/mol. The Hall–Kier alpha value is -1.45. The molecule has 0 saturated heterocycles. The van der Waals surface area contributed by atoms with E-state index in [9.17, 15) is 5.11 Å². The SMILES string of the molecule is CCCC(OCC)C(O)Cc1ccc2ccccc2n1. The predicted octanol–water partition coefficient (Wildman–Crippen LogP) is 3.34. The molecule has 2 unspecified atom stereocenters. The Morgan fingerprint density at radius 2 is 1.95 bits per heavy atom. The van der Waals surface area contributed by atoms with Crippen LogP contribution < -0.4 is 0 Å². The number of aliphatic hydroxyl groups excluding tert-OH is 1. The first kappa shape index (κ1) is 14.9. The molecule has 0 amide bonds. The van der Waals surface area contributed by atoms with E-state index < -0.39 is 6.10 Å². The molecule has 0 aliphatic rings. The number of para-hydroxylation sites is 1. The van der Waals surface area contributed by atoms with Crippen molar-refractivity contribution in [2.75, 3.05) is 6.61 Å². The lowest BCUT2D eigenvalue weighted by atomic mass is 10.0. The Balaban J connectivity index is 2.09. The van der Waals surface area contributed by atoms with Crippen LogP contribution in [0.15, 0.2) is 36.4 Å². The zero-order valence-electron chi connectivity index (χ0n) is 12.2. The van der Waals surface area contributed by atoms with E-state index in [0.717, 1.165) is 29.4 Å². The third-order valence-corrected chi connectivity index (χ3v) is 3.46. The van der Waals surface area contributed by atoms with Gasteiger partial charge in [0, 0.05) is 24.1 Å². The number of nitrogens with zero attached hydrogens (tertiary/aromatic N) is 1. The van der Waals surface area contributed by atoms with Crippen LogP contribution >= 0.6 is 0 Å². The number of aliphatic hydroxyl groups is 1. The van der Waals surface area contributed by atoms with Gasteiger partial charge in [0.05, 0.1) is 17.7 Å². The van der Waals surface area contributed by atoms with Crippen LogP contribution in [0.25, 0.3) is 10.9 Å². The van der Waals surface area contributed by atoms with E-state index in [1.165, 1.54) is 0 Å². The topological polar surface area (TPSA) is 42.4 Å². The molecular formula is C17H23NO2. The average molecular weight is 273 g/mol. The zero-order chi connectivity index (χ0) is 14.4. The molecule has 1 heterocycles. The van der Waals surface area contributed by atoms with Crippen molar-refractivity contribution in [1.82, 2.24) is 4.98 Å². The van der Waals surface area contributed by atoms with Crippen LogP contribution in [-0.4, -0.2) is 28.9 Å². The van der Waals surface area contributed by atoms with Gasteiger partial charge in [0.2, 0.25) is 0 Å². The first-order chi connectivity index (χ1) is 9.74. The monoisotopic (exact) mass is 273 g/mol. The molecule has 0 bridgehead atoms. The number of pyridine rings is 1. The van der Waals surface area contributed by atoms with Crippen LogP contribution in [0.1, 0.15) is 32.4 Å². The van der Waals surface area contributed by atoms with Gasteiger partial charge in [-0.05, 0) is 25.5 Å². The Bertz CT molecular complexity index is 535. The Kier molecular flexibility index (Phi) is 5.50. The van der Waals surface area contributed by atoms with Crippen molar-refractivity contribution in [1.29, 1.82) is 0 Å². The number of benzene rings is 1. The Labute approximate surface area is 120 Å². The minimum absolute atomic E-state index is 0.0988. The number of ether oxygens (including phenoxy) is 1. The highest BCUT2D eigenvalue weighted by molar-refractivity contribution is 5.78. The molecule has 3 nitrogen and oxygen atoms in total. The van der Waals surface area contributed by atoms with Crippen LogP contribution in [0.3, 0.4) is 0 Å². The smallest absolute Gasteiger partial charge is 0.0857 e. The molecule has 0 saturated carbocycles. The highest BCUT2D eigenvalue weighted by Gasteiger charge is 2.19. The van der Waals surface area contributed by atoms with E-state index in [1.807, 2.05) is 37.3 Å². The molecule has 108 valence electrons. The first-order valence-electron chi connectivity index (χ1n) is 7.39. The maximum absolute atomic E-state index is 10.3. The van der Waals surface area contributed by atoms with Gasteiger partial charge in [-0.3, -0.25) is 4.98 Å². The molecule has 2 atom stereocenters. The maximum atomic E-state index is 10.3. The van der Waals surface area contributed by atoms with Crippen LogP contribution in [0.4, 0.5) is 0 Å². The van der Waals surface area contributed by atoms with Gasteiger partial charge in [-0.25, -0.2) is 0 Å². The molecule has 0 aliphatic carbocycles. The summed E-state index contributed by atoms with van der Waals surface area (Å²) in [6, 6.07) is 12.1. The third kappa shape index (κ3) is 3.78. The highest BCUT2D eigenvalue weighted by atomic mass is 16.5. The summed E-state index contributed by atoms with van der Waals surface area (Å²) in [6.45, 7) is 4.70. The van der Waals surface area contributed by atoms with Crippen molar-refractivity contribution in [3.8, 4) is 0 Å². The zero-order valence-corrected chi connectivity index (χ0v) is 12.2. The molecule has 1 N–H and O–H groups in total. The van der Waals surface area contributed by atoms with Crippen LogP contribution in [0.5, 0.6) is 0 Å². The molecule has 1 aromatic heterocycles. The van der Waals surface area contributed by atoms with E-state index in [-0.39, 0.29) is 6.10 Å². The molecule has 2 aromatic rings. The van der Waals surface area contributed by atoms with Crippen molar-refractivity contribution < 1.29 is 9.84 Å². The fourth-order valence-corrected chi connectivity index (χ4v) is 2.45. The molecule has 2 rings (SSSR count). The summed E-state index contributed by atoms with van der Waals surface area (Å²) in [6.07, 6.45) is 1.83. The number of hydrogen-bond donors (Lipinski definition) is 1. The van der Waals surface area contributed by atoms with Crippen LogP contribution in [0, 0.1) is 0 Å². The number of aromatic nitrogens is 1. The van der Waals surface area contributed by atoms with E-state index in [0.29, 0.717) is 13.0 Å². The van der Waals surface area contributed by atoms with Crippen molar-refractivity contribution >= 4 is 10.9 Å². The molecule has 0 radical (unpaired) electrons. The second kappa shape index (κ2) is 7.36. The average Bonchev–Trinajstić information content (AvgIpc) is 2.47. The lowest BCUT2D eigenvalue weighted by Gasteiger charge is -2.22. The van der Waals surface area contributed by atoms with Crippen LogP contribution in [-0.2, 0) is 11.2 Å². The fraction of sp³-hybridized carbons (Fsp3) is 0.471. The maximum Gasteiger partial charge on any atom is 0.0857 e. The van der Waals surface area contributed by atoms with E-state index in [4.69, 9.17) is 4.74 Å². The second-order valence-electron chi connectivity index (χ2n) is 5.05. The van der Waals surface area contributed by atoms with Gasteiger partial charge in [-0.1, -0.05) is 37.6 Å². The standard InChI is InChI=1S/C17H23NO2/c1-3-7-17(20-4-2)16(19)12-14-11-10-13-8-5-6-9-15(13)18-14/h5-6,8-11,16-17,19H,3-4,7,12H2,1-2H3. The first-order valence-corrected chi connectivity index (χ1v) is 7.39. The molecule has 1 aromatic carbocycles. The molecule has 3 heteroatoms. The van der Waals surface area contributed by atoms with Gasteiger partial charge in [-0.15, -0.1) is 0 Å². The summed E-state index contributed by atoms with van der Waals surface area (Å²) < 4.78 is 5.63. The number of fused-ring (bicyclic) bond motifs is 1. The Morgan fingerprint density at radius 1 is 1.15 bits per heavy atom. The van der Waals surface area contributed by atoms with Gasteiger partial charge in [0.1, 0.15) is 0 Å². The highest BCUT2D eigenvalue weighted by Crippen LogP contribution is 2.16. The summed E-state index contributed by atoms with van der Waals surface area (Å²) in [5.41, 5.74) is 1.89. The van der Waals surface area contributed by atoms with E-state index >= 15 is 0 Å². The lowest BCUT2D eigenvalue weighted by Crippen LogP contribution is -2.31. The van der Waals surface area contributed by atoms with Gasteiger partial charge in [-0.2, -0.15) is 0 Å².